The maximum Gasteiger partial charge on any atom is 0.0378 e. The molecule has 3 unspecified atom stereocenters. The number of hydrogen-bond donors (Lipinski definition) is 1. The Hall–Kier alpha value is -0.980. The Bertz CT molecular complexity index is 332. The minimum absolute atomic E-state index is 0.729. The second kappa shape index (κ2) is 2.50. The van der Waals surface area contributed by atoms with Crippen molar-refractivity contribution < 1.29 is 0 Å². The standard InChI is InChI=1S/C12H15N/c1-8-6-7-11-12(8)9-4-2-3-5-10(9)13-11/h2-5,8,11-13H,6-7H2,1H3. The van der Waals surface area contributed by atoms with Gasteiger partial charge in [0.25, 0.3) is 0 Å². The molecule has 0 amide bonds. The van der Waals surface area contributed by atoms with Crippen molar-refractivity contribution in [1.82, 2.24) is 0 Å². The van der Waals surface area contributed by atoms with Gasteiger partial charge in [0.15, 0.2) is 0 Å². The highest BCUT2D eigenvalue weighted by atomic mass is 15.0. The Morgan fingerprint density at radius 3 is 3.00 bits per heavy atom. The molecule has 1 heteroatoms. The summed E-state index contributed by atoms with van der Waals surface area (Å²) in [7, 11) is 0. The minimum atomic E-state index is 0.729. The van der Waals surface area contributed by atoms with Crippen LogP contribution in [0.4, 0.5) is 5.69 Å². The van der Waals surface area contributed by atoms with E-state index in [2.05, 4.69) is 36.5 Å². The van der Waals surface area contributed by atoms with Crippen molar-refractivity contribution in [3.05, 3.63) is 29.8 Å². The summed E-state index contributed by atoms with van der Waals surface area (Å²) in [5.41, 5.74) is 2.93. The van der Waals surface area contributed by atoms with Crippen LogP contribution in [-0.4, -0.2) is 6.04 Å². The van der Waals surface area contributed by atoms with E-state index in [1.165, 1.54) is 18.5 Å². The number of para-hydroxylation sites is 1. The molecule has 0 spiro atoms. The summed E-state index contributed by atoms with van der Waals surface area (Å²) in [6.45, 7) is 2.38. The van der Waals surface area contributed by atoms with Gasteiger partial charge in [0, 0.05) is 17.6 Å². The molecule has 1 aromatic rings. The van der Waals surface area contributed by atoms with Gasteiger partial charge in [0.05, 0.1) is 0 Å². The van der Waals surface area contributed by atoms with E-state index in [0.29, 0.717) is 0 Å². The summed E-state index contributed by atoms with van der Waals surface area (Å²) in [4.78, 5) is 0. The van der Waals surface area contributed by atoms with E-state index in [1.54, 1.807) is 5.56 Å². The number of rotatable bonds is 0. The molecule has 2 aliphatic rings. The fourth-order valence-electron chi connectivity index (χ4n) is 3.00. The number of benzene rings is 1. The molecule has 0 radical (unpaired) electrons. The molecule has 13 heavy (non-hydrogen) atoms. The highest BCUT2D eigenvalue weighted by molar-refractivity contribution is 5.60. The van der Waals surface area contributed by atoms with E-state index in [4.69, 9.17) is 0 Å². The lowest BCUT2D eigenvalue weighted by atomic mass is 9.90. The highest BCUT2D eigenvalue weighted by Gasteiger charge is 2.39. The normalized spacial score (nSPS) is 35.3. The fraction of sp³-hybridized carbons (Fsp3) is 0.500. The molecule has 1 N–H and O–H groups in total. The Morgan fingerprint density at radius 2 is 2.08 bits per heavy atom. The van der Waals surface area contributed by atoms with Crippen molar-refractivity contribution in [2.75, 3.05) is 5.32 Å². The molecule has 1 aliphatic carbocycles. The summed E-state index contributed by atoms with van der Waals surface area (Å²) in [6, 6.07) is 9.51. The third-order valence-corrected chi connectivity index (χ3v) is 3.64. The Balaban J connectivity index is 2.08. The molecule has 1 aliphatic heterocycles. The van der Waals surface area contributed by atoms with E-state index < -0.39 is 0 Å². The van der Waals surface area contributed by atoms with Crippen LogP contribution < -0.4 is 5.32 Å². The van der Waals surface area contributed by atoms with Crippen LogP contribution in [-0.2, 0) is 0 Å². The molecular formula is C12H15N. The van der Waals surface area contributed by atoms with Crippen LogP contribution in [0, 0.1) is 5.92 Å². The Morgan fingerprint density at radius 1 is 1.23 bits per heavy atom. The Labute approximate surface area is 79.2 Å². The largest absolute Gasteiger partial charge is 0.381 e. The lowest BCUT2D eigenvalue weighted by Crippen LogP contribution is -2.15. The van der Waals surface area contributed by atoms with Crippen LogP contribution in [0.1, 0.15) is 31.2 Å². The number of fused-ring (bicyclic) bond motifs is 3. The summed E-state index contributed by atoms with van der Waals surface area (Å²) in [5, 5.41) is 3.63. The zero-order chi connectivity index (χ0) is 8.84. The van der Waals surface area contributed by atoms with Crippen molar-refractivity contribution in [3.8, 4) is 0 Å². The monoisotopic (exact) mass is 173 g/mol. The van der Waals surface area contributed by atoms with E-state index in [0.717, 1.165) is 17.9 Å². The van der Waals surface area contributed by atoms with Gasteiger partial charge in [-0.3, -0.25) is 0 Å². The first-order valence-corrected chi connectivity index (χ1v) is 5.22. The first-order valence-electron chi connectivity index (χ1n) is 5.22. The van der Waals surface area contributed by atoms with Gasteiger partial charge in [-0.25, -0.2) is 0 Å². The van der Waals surface area contributed by atoms with Gasteiger partial charge in [-0.05, 0) is 30.4 Å². The van der Waals surface area contributed by atoms with Gasteiger partial charge in [-0.2, -0.15) is 0 Å². The zero-order valence-electron chi connectivity index (χ0n) is 7.96. The van der Waals surface area contributed by atoms with E-state index >= 15 is 0 Å². The molecule has 1 heterocycles. The van der Waals surface area contributed by atoms with Gasteiger partial charge < -0.3 is 5.32 Å². The zero-order valence-corrected chi connectivity index (χ0v) is 7.96. The summed E-state index contributed by atoms with van der Waals surface area (Å²) < 4.78 is 0. The van der Waals surface area contributed by atoms with Crippen LogP contribution in [0.3, 0.4) is 0 Å². The van der Waals surface area contributed by atoms with Crippen molar-refractivity contribution >= 4 is 5.69 Å². The number of nitrogens with one attached hydrogen (secondary N) is 1. The van der Waals surface area contributed by atoms with Gasteiger partial charge in [-0.1, -0.05) is 25.1 Å². The van der Waals surface area contributed by atoms with Crippen molar-refractivity contribution in [2.24, 2.45) is 5.92 Å². The van der Waals surface area contributed by atoms with Crippen LogP contribution in [0.25, 0.3) is 0 Å². The maximum atomic E-state index is 3.63. The first-order chi connectivity index (χ1) is 6.36. The molecule has 1 aromatic carbocycles. The third kappa shape index (κ3) is 0.932. The minimum Gasteiger partial charge on any atom is -0.381 e. The van der Waals surface area contributed by atoms with Crippen molar-refractivity contribution in [1.29, 1.82) is 0 Å². The SMILES string of the molecule is CC1CCC2Nc3ccccc3C12. The average molecular weight is 173 g/mol. The molecule has 0 bridgehead atoms. The third-order valence-electron chi connectivity index (χ3n) is 3.64. The molecule has 0 saturated heterocycles. The van der Waals surface area contributed by atoms with Crippen LogP contribution in [0.5, 0.6) is 0 Å². The fourth-order valence-corrected chi connectivity index (χ4v) is 3.00. The molecule has 3 rings (SSSR count). The van der Waals surface area contributed by atoms with Crippen molar-refractivity contribution in [3.63, 3.8) is 0 Å². The van der Waals surface area contributed by atoms with Crippen LogP contribution in [0.2, 0.25) is 0 Å². The molecule has 1 saturated carbocycles. The molecular weight excluding hydrogens is 158 g/mol. The molecule has 3 atom stereocenters. The molecule has 1 nitrogen and oxygen atoms in total. The topological polar surface area (TPSA) is 12.0 Å². The van der Waals surface area contributed by atoms with Crippen molar-refractivity contribution in [2.45, 2.75) is 31.7 Å². The smallest absolute Gasteiger partial charge is 0.0378 e. The predicted octanol–water partition coefficient (Wildman–Crippen LogP) is 2.99. The van der Waals surface area contributed by atoms with Gasteiger partial charge >= 0.3 is 0 Å². The lowest BCUT2D eigenvalue weighted by Gasteiger charge is -2.13. The second-order valence-corrected chi connectivity index (χ2v) is 4.42. The summed E-state index contributed by atoms with van der Waals surface area (Å²) in [5.74, 6) is 1.65. The quantitative estimate of drug-likeness (QED) is 0.636. The van der Waals surface area contributed by atoms with Gasteiger partial charge in [0.2, 0.25) is 0 Å². The number of anilines is 1. The Kier molecular flexibility index (Phi) is 1.43. The highest BCUT2D eigenvalue weighted by Crippen LogP contribution is 2.48. The predicted molar refractivity (Wildman–Crippen MR) is 55.0 cm³/mol. The molecule has 1 fully saturated rings. The second-order valence-electron chi connectivity index (χ2n) is 4.42. The van der Waals surface area contributed by atoms with Crippen LogP contribution >= 0.6 is 0 Å². The summed E-state index contributed by atoms with van der Waals surface area (Å²) in [6.07, 6.45) is 2.73. The van der Waals surface area contributed by atoms with E-state index in [-0.39, 0.29) is 0 Å². The van der Waals surface area contributed by atoms with Crippen LogP contribution in [0.15, 0.2) is 24.3 Å². The molecule has 0 aromatic heterocycles. The van der Waals surface area contributed by atoms with E-state index in [9.17, 15) is 0 Å². The lowest BCUT2D eigenvalue weighted by molar-refractivity contribution is 0.531. The maximum absolute atomic E-state index is 3.63. The van der Waals surface area contributed by atoms with E-state index in [1.807, 2.05) is 0 Å². The van der Waals surface area contributed by atoms with Gasteiger partial charge in [0.1, 0.15) is 0 Å². The number of hydrogen-bond acceptors (Lipinski definition) is 1. The summed E-state index contributed by atoms with van der Waals surface area (Å²) >= 11 is 0. The molecule has 68 valence electrons. The average Bonchev–Trinajstić information content (AvgIpc) is 2.66. The first kappa shape index (κ1) is 7.43. The van der Waals surface area contributed by atoms with Gasteiger partial charge in [-0.15, -0.1) is 0 Å².